The van der Waals surface area contributed by atoms with Crippen molar-refractivity contribution in [2.45, 2.75) is 65.3 Å². The molecule has 3 nitrogen and oxygen atoms in total. The minimum atomic E-state index is -0.111. The molecule has 0 spiro atoms. The number of hydrogen-bond acceptors (Lipinski definition) is 2. The van der Waals surface area contributed by atoms with E-state index in [1.165, 1.54) is 42.4 Å². The maximum atomic E-state index is 12.5. The number of benzene rings is 1. The molecule has 25 heavy (non-hydrogen) atoms. The van der Waals surface area contributed by atoms with Gasteiger partial charge in [-0.05, 0) is 61.4 Å². The van der Waals surface area contributed by atoms with Crippen LogP contribution in [-0.4, -0.2) is 10.9 Å². The summed E-state index contributed by atoms with van der Waals surface area (Å²) in [6, 6.07) is 12.0. The third-order valence-electron chi connectivity index (χ3n) is 4.56. The van der Waals surface area contributed by atoms with E-state index in [0.29, 0.717) is 5.69 Å². The fourth-order valence-electron chi connectivity index (χ4n) is 3.23. The Morgan fingerprint density at radius 1 is 1.00 bits per heavy atom. The van der Waals surface area contributed by atoms with Crippen LogP contribution in [0.15, 0.2) is 42.6 Å². The SMILES string of the molecule is CCCCc1cccc(CCCC)c1C(C)NC(=O)c1ccccn1. The van der Waals surface area contributed by atoms with Gasteiger partial charge in [0.2, 0.25) is 0 Å². The van der Waals surface area contributed by atoms with E-state index in [0.717, 1.165) is 12.8 Å². The number of nitrogens with one attached hydrogen (secondary N) is 1. The van der Waals surface area contributed by atoms with Crippen LogP contribution in [0.5, 0.6) is 0 Å². The summed E-state index contributed by atoms with van der Waals surface area (Å²) in [5.74, 6) is -0.111. The highest BCUT2D eigenvalue weighted by atomic mass is 16.1. The van der Waals surface area contributed by atoms with Gasteiger partial charge in [-0.1, -0.05) is 51.0 Å². The molecule has 134 valence electrons. The third-order valence-corrected chi connectivity index (χ3v) is 4.56. The first-order valence-electron chi connectivity index (χ1n) is 9.49. The van der Waals surface area contributed by atoms with E-state index in [1.807, 2.05) is 12.1 Å². The van der Waals surface area contributed by atoms with Gasteiger partial charge in [-0.3, -0.25) is 9.78 Å². The molecule has 0 bridgehead atoms. The molecule has 3 heteroatoms. The van der Waals surface area contributed by atoms with Crippen LogP contribution in [0.2, 0.25) is 0 Å². The van der Waals surface area contributed by atoms with Crippen LogP contribution in [-0.2, 0) is 12.8 Å². The molecule has 0 saturated carbocycles. The van der Waals surface area contributed by atoms with Crippen molar-refractivity contribution in [1.29, 1.82) is 0 Å². The summed E-state index contributed by atoms with van der Waals surface area (Å²) in [6.07, 6.45) is 8.48. The average Bonchev–Trinajstić information content (AvgIpc) is 2.65. The first-order chi connectivity index (χ1) is 12.2. The highest BCUT2D eigenvalue weighted by Crippen LogP contribution is 2.26. The second-order valence-corrected chi connectivity index (χ2v) is 6.61. The topological polar surface area (TPSA) is 42.0 Å². The van der Waals surface area contributed by atoms with Crippen LogP contribution in [0.3, 0.4) is 0 Å². The Labute approximate surface area is 151 Å². The minimum Gasteiger partial charge on any atom is -0.344 e. The van der Waals surface area contributed by atoms with Crippen molar-refractivity contribution < 1.29 is 4.79 Å². The summed E-state index contributed by atoms with van der Waals surface area (Å²) in [4.78, 5) is 16.7. The highest BCUT2D eigenvalue weighted by Gasteiger charge is 2.18. The van der Waals surface area contributed by atoms with Crippen molar-refractivity contribution >= 4 is 5.91 Å². The van der Waals surface area contributed by atoms with Gasteiger partial charge >= 0.3 is 0 Å². The maximum absolute atomic E-state index is 12.5. The Kier molecular flexibility index (Phi) is 7.65. The van der Waals surface area contributed by atoms with Gasteiger partial charge < -0.3 is 5.32 Å². The summed E-state index contributed by atoms with van der Waals surface area (Å²) in [5, 5.41) is 3.14. The van der Waals surface area contributed by atoms with Gasteiger partial charge in [0, 0.05) is 6.20 Å². The monoisotopic (exact) mass is 338 g/mol. The van der Waals surface area contributed by atoms with E-state index in [4.69, 9.17) is 0 Å². The summed E-state index contributed by atoms with van der Waals surface area (Å²) < 4.78 is 0. The molecule has 0 fully saturated rings. The molecule has 1 heterocycles. The molecule has 0 saturated heterocycles. The second kappa shape index (κ2) is 9.97. The Morgan fingerprint density at radius 3 is 2.16 bits per heavy atom. The molecule has 0 aliphatic heterocycles. The first kappa shape index (κ1) is 19.2. The quantitative estimate of drug-likeness (QED) is 0.678. The third kappa shape index (κ3) is 5.42. The lowest BCUT2D eigenvalue weighted by molar-refractivity contribution is 0.0934. The van der Waals surface area contributed by atoms with Gasteiger partial charge in [0.05, 0.1) is 6.04 Å². The number of carbonyl (C=O) groups excluding carboxylic acids is 1. The molecule has 1 aromatic carbocycles. The zero-order valence-electron chi connectivity index (χ0n) is 15.7. The van der Waals surface area contributed by atoms with Gasteiger partial charge in [0.15, 0.2) is 0 Å². The van der Waals surface area contributed by atoms with Crippen molar-refractivity contribution in [2.24, 2.45) is 0 Å². The van der Waals surface area contributed by atoms with E-state index in [-0.39, 0.29) is 11.9 Å². The molecule has 0 radical (unpaired) electrons. The number of unbranched alkanes of at least 4 members (excludes halogenated alkanes) is 2. The maximum Gasteiger partial charge on any atom is 0.270 e. The largest absolute Gasteiger partial charge is 0.344 e. The predicted molar refractivity (Wildman–Crippen MR) is 104 cm³/mol. The zero-order chi connectivity index (χ0) is 18.1. The van der Waals surface area contributed by atoms with Gasteiger partial charge in [-0.25, -0.2) is 0 Å². The van der Waals surface area contributed by atoms with Crippen LogP contribution >= 0.6 is 0 Å². The molecule has 1 unspecified atom stereocenters. The fraction of sp³-hybridized carbons (Fsp3) is 0.455. The molecule has 1 N–H and O–H groups in total. The number of aryl methyl sites for hydroxylation is 2. The summed E-state index contributed by atoms with van der Waals surface area (Å²) >= 11 is 0. The normalized spacial score (nSPS) is 12.0. The Bertz CT molecular complexity index is 641. The minimum absolute atomic E-state index is 0.0191. The molecule has 2 aromatic rings. The van der Waals surface area contributed by atoms with Gasteiger partial charge in [-0.2, -0.15) is 0 Å². The number of hydrogen-bond donors (Lipinski definition) is 1. The van der Waals surface area contributed by atoms with E-state index >= 15 is 0 Å². The van der Waals surface area contributed by atoms with E-state index < -0.39 is 0 Å². The molecule has 1 aromatic heterocycles. The molecule has 0 aliphatic rings. The van der Waals surface area contributed by atoms with E-state index in [9.17, 15) is 4.79 Å². The lowest BCUT2D eigenvalue weighted by Crippen LogP contribution is -2.28. The van der Waals surface area contributed by atoms with Gasteiger partial charge in [0.25, 0.3) is 5.91 Å². The van der Waals surface area contributed by atoms with Crippen LogP contribution in [0, 0.1) is 0 Å². The van der Waals surface area contributed by atoms with Crippen LogP contribution in [0.1, 0.15) is 79.7 Å². The van der Waals surface area contributed by atoms with Crippen LogP contribution < -0.4 is 5.32 Å². The summed E-state index contributed by atoms with van der Waals surface area (Å²) in [7, 11) is 0. The lowest BCUT2D eigenvalue weighted by atomic mass is 9.90. The lowest BCUT2D eigenvalue weighted by Gasteiger charge is -2.22. The number of aromatic nitrogens is 1. The van der Waals surface area contributed by atoms with Crippen molar-refractivity contribution in [3.8, 4) is 0 Å². The molecule has 2 rings (SSSR count). The number of rotatable bonds is 9. The zero-order valence-corrected chi connectivity index (χ0v) is 15.7. The summed E-state index contributed by atoms with van der Waals surface area (Å²) in [5.41, 5.74) is 4.50. The fourth-order valence-corrected chi connectivity index (χ4v) is 3.23. The number of carbonyl (C=O) groups is 1. The predicted octanol–water partition coefficient (Wildman–Crippen LogP) is 5.26. The summed E-state index contributed by atoms with van der Waals surface area (Å²) in [6.45, 7) is 6.51. The number of pyridine rings is 1. The Morgan fingerprint density at radius 2 is 1.64 bits per heavy atom. The van der Waals surface area contributed by atoms with Crippen molar-refractivity contribution in [3.05, 3.63) is 65.0 Å². The molecule has 1 atom stereocenters. The van der Waals surface area contributed by atoms with E-state index in [1.54, 1.807) is 12.3 Å². The van der Waals surface area contributed by atoms with Crippen molar-refractivity contribution in [3.63, 3.8) is 0 Å². The second-order valence-electron chi connectivity index (χ2n) is 6.61. The molecular formula is C22H30N2O. The van der Waals surface area contributed by atoms with Gasteiger partial charge in [0.1, 0.15) is 5.69 Å². The smallest absolute Gasteiger partial charge is 0.270 e. The number of nitrogens with zero attached hydrogens (tertiary/aromatic N) is 1. The van der Waals surface area contributed by atoms with Crippen molar-refractivity contribution in [2.75, 3.05) is 0 Å². The number of amides is 1. The molecular weight excluding hydrogens is 308 g/mol. The standard InChI is InChI=1S/C22H30N2O/c1-4-6-11-18-13-10-14-19(12-7-5-2)21(18)17(3)24-22(25)20-15-8-9-16-23-20/h8-10,13-17H,4-7,11-12H2,1-3H3,(H,24,25). The highest BCUT2D eigenvalue weighted by molar-refractivity contribution is 5.92. The van der Waals surface area contributed by atoms with Gasteiger partial charge in [-0.15, -0.1) is 0 Å². The van der Waals surface area contributed by atoms with E-state index in [2.05, 4.69) is 49.3 Å². The molecule has 1 amide bonds. The Hall–Kier alpha value is -2.16. The molecule has 0 aliphatic carbocycles. The average molecular weight is 338 g/mol. The van der Waals surface area contributed by atoms with Crippen LogP contribution in [0.4, 0.5) is 0 Å². The Balaban J connectivity index is 2.25. The first-order valence-corrected chi connectivity index (χ1v) is 9.49. The van der Waals surface area contributed by atoms with Crippen molar-refractivity contribution in [1.82, 2.24) is 10.3 Å². The van der Waals surface area contributed by atoms with Crippen LogP contribution in [0.25, 0.3) is 0 Å².